The quantitative estimate of drug-likeness (QED) is 0.397. The van der Waals surface area contributed by atoms with E-state index in [-0.39, 0.29) is 18.0 Å². The Labute approximate surface area is 214 Å². The number of ether oxygens (including phenoxy) is 1. The van der Waals surface area contributed by atoms with Crippen molar-refractivity contribution in [1.82, 2.24) is 9.80 Å². The molecule has 5 nitrogen and oxygen atoms in total. The zero-order valence-corrected chi connectivity index (χ0v) is 21.1. The average molecular weight is 584 g/mol. The zero-order chi connectivity index (χ0) is 26.7. The number of hydrogen-bond acceptors (Lipinski definition) is 4. The number of likely N-dealkylation sites (tertiary alicyclic amines) is 1. The van der Waals surface area contributed by atoms with Crippen molar-refractivity contribution in [1.29, 1.82) is 0 Å². The van der Waals surface area contributed by atoms with Gasteiger partial charge in [0.25, 0.3) is 0 Å². The summed E-state index contributed by atoms with van der Waals surface area (Å²) in [5.41, 5.74) is 1.28. The number of benzene rings is 1. The van der Waals surface area contributed by atoms with E-state index in [9.17, 15) is 31.1 Å². The summed E-state index contributed by atoms with van der Waals surface area (Å²) < 4.78 is 86.5. The molecule has 2 heterocycles. The third-order valence-electron chi connectivity index (χ3n) is 6.37. The van der Waals surface area contributed by atoms with Crippen molar-refractivity contribution in [2.75, 3.05) is 44.7 Å². The smallest absolute Gasteiger partial charge is 0.378 e. The zero-order valence-electron chi connectivity index (χ0n) is 19.5. The molecule has 0 unspecified atom stereocenters. The molecule has 1 amide bonds. The third-order valence-corrected chi connectivity index (χ3v) is 6.86. The Morgan fingerprint density at radius 2 is 1.58 bits per heavy atom. The molecule has 0 spiro atoms. The number of anilines is 1. The summed E-state index contributed by atoms with van der Waals surface area (Å²) in [7, 11) is 0. The van der Waals surface area contributed by atoms with Gasteiger partial charge in [0.15, 0.2) is 0 Å². The Morgan fingerprint density at radius 1 is 1.00 bits per heavy atom. The van der Waals surface area contributed by atoms with Crippen molar-refractivity contribution in [3.05, 3.63) is 47.1 Å². The van der Waals surface area contributed by atoms with Crippen LogP contribution in [-0.4, -0.2) is 67.5 Å². The molecule has 1 aromatic carbocycles. The predicted molar refractivity (Wildman–Crippen MR) is 128 cm³/mol. The molecule has 2 aliphatic rings. The second kappa shape index (κ2) is 11.5. The number of carbonyl (C=O) groups is 1. The van der Waals surface area contributed by atoms with Gasteiger partial charge in [-0.05, 0) is 31.0 Å². The van der Waals surface area contributed by atoms with Gasteiger partial charge < -0.3 is 19.9 Å². The highest BCUT2D eigenvalue weighted by molar-refractivity contribution is 9.10. The normalized spacial score (nSPS) is 21.3. The topological polar surface area (TPSA) is 44.8 Å². The first-order valence-corrected chi connectivity index (χ1v) is 12.2. The number of allylic oxidation sites excluding steroid dienone is 1. The van der Waals surface area contributed by atoms with Crippen LogP contribution in [0.25, 0.3) is 5.70 Å². The van der Waals surface area contributed by atoms with E-state index in [0.717, 1.165) is 4.90 Å². The Balaban J connectivity index is 1.74. The van der Waals surface area contributed by atoms with Gasteiger partial charge in [0.1, 0.15) is 0 Å². The first-order valence-electron chi connectivity index (χ1n) is 11.4. The van der Waals surface area contributed by atoms with Crippen LogP contribution in [0.15, 0.2) is 41.5 Å². The van der Waals surface area contributed by atoms with E-state index in [0.29, 0.717) is 54.1 Å². The molecular weight excluding hydrogens is 556 g/mol. The van der Waals surface area contributed by atoms with Crippen LogP contribution in [0.1, 0.15) is 24.8 Å². The van der Waals surface area contributed by atoms with E-state index in [1.807, 2.05) is 0 Å². The summed E-state index contributed by atoms with van der Waals surface area (Å²) in [6.45, 7) is 8.55. The summed E-state index contributed by atoms with van der Waals surface area (Å²) in [6.07, 6.45) is -10.0. The van der Waals surface area contributed by atoms with Crippen molar-refractivity contribution < 1.29 is 35.9 Å². The minimum atomic E-state index is -4.76. The Bertz CT molecular complexity index is 954. The number of nitrogens with one attached hydrogen (secondary N) is 1. The second-order valence-electron chi connectivity index (χ2n) is 8.98. The van der Waals surface area contributed by atoms with Gasteiger partial charge in [-0.15, -0.1) is 0 Å². The maximum absolute atomic E-state index is 13.4. The van der Waals surface area contributed by atoms with E-state index in [4.69, 9.17) is 4.74 Å². The molecule has 0 aromatic heterocycles. The van der Waals surface area contributed by atoms with Crippen molar-refractivity contribution >= 4 is 33.2 Å². The Hall–Kier alpha value is -2.21. The summed E-state index contributed by atoms with van der Waals surface area (Å²) in [4.78, 5) is 15.2. The van der Waals surface area contributed by atoms with E-state index in [2.05, 4.69) is 34.4 Å². The molecule has 1 aromatic rings. The predicted octanol–water partition coefficient (Wildman–Crippen LogP) is 6.05. The lowest BCUT2D eigenvalue weighted by molar-refractivity contribution is -0.226. The minimum Gasteiger partial charge on any atom is -0.378 e. The summed E-state index contributed by atoms with van der Waals surface area (Å²) in [5.74, 6) is -4.30. The SMILES string of the molecule is C=C(CCC(=O)N1CCOCC1)Nc1ccc(Br)cc1C(=C)N1C[C@H](C(F)(F)F)C[C@H](C(F)(F)F)C1. The third kappa shape index (κ3) is 7.41. The molecule has 200 valence electrons. The van der Waals surface area contributed by atoms with Crippen molar-refractivity contribution in [2.24, 2.45) is 11.8 Å². The number of nitrogens with zero attached hydrogens (tertiary/aromatic N) is 2. The monoisotopic (exact) mass is 583 g/mol. The average Bonchev–Trinajstić information content (AvgIpc) is 2.82. The number of morpholine rings is 1. The van der Waals surface area contributed by atoms with Crippen LogP contribution in [0.4, 0.5) is 32.0 Å². The fraction of sp³-hybridized carbons (Fsp3) is 0.542. The number of rotatable bonds is 7. The van der Waals surface area contributed by atoms with E-state index in [1.54, 1.807) is 23.1 Å². The van der Waals surface area contributed by atoms with Gasteiger partial charge >= 0.3 is 12.4 Å². The molecule has 0 radical (unpaired) electrons. The second-order valence-corrected chi connectivity index (χ2v) is 9.89. The van der Waals surface area contributed by atoms with Gasteiger partial charge in [-0.2, -0.15) is 26.3 Å². The largest absolute Gasteiger partial charge is 0.393 e. The number of piperidine rings is 1. The number of hydrogen-bond donors (Lipinski definition) is 1. The molecular formula is C24H28BrF6N3O2. The highest BCUT2D eigenvalue weighted by Gasteiger charge is 2.51. The molecule has 2 atom stereocenters. The van der Waals surface area contributed by atoms with E-state index >= 15 is 0 Å². The van der Waals surface area contributed by atoms with Gasteiger partial charge in [-0.3, -0.25) is 4.79 Å². The molecule has 12 heteroatoms. The molecule has 0 saturated carbocycles. The van der Waals surface area contributed by atoms with E-state index < -0.39 is 43.7 Å². The summed E-state index contributed by atoms with van der Waals surface area (Å²) in [6, 6.07) is 4.89. The van der Waals surface area contributed by atoms with Crippen LogP contribution in [-0.2, 0) is 9.53 Å². The lowest BCUT2D eigenvalue weighted by Gasteiger charge is -2.41. The number of carbonyl (C=O) groups excluding carboxylic acids is 1. The van der Waals surface area contributed by atoms with Gasteiger partial charge in [0.2, 0.25) is 5.91 Å². The maximum atomic E-state index is 13.4. The minimum absolute atomic E-state index is 0.0409. The van der Waals surface area contributed by atoms with Crippen LogP contribution in [0.3, 0.4) is 0 Å². The molecule has 2 aliphatic heterocycles. The molecule has 36 heavy (non-hydrogen) atoms. The van der Waals surface area contributed by atoms with Crippen LogP contribution < -0.4 is 5.32 Å². The maximum Gasteiger partial charge on any atom is 0.393 e. The van der Waals surface area contributed by atoms with E-state index in [1.165, 1.54) is 0 Å². The molecule has 1 N–H and O–H groups in total. The molecule has 2 fully saturated rings. The first-order chi connectivity index (χ1) is 16.8. The van der Waals surface area contributed by atoms with Crippen LogP contribution in [0.5, 0.6) is 0 Å². The Morgan fingerprint density at radius 3 is 2.14 bits per heavy atom. The van der Waals surface area contributed by atoms with Crippen LogP contribution >= 0.6 is 15.9 Å². The fourth-order valence-electron chi connectivity index (χ4n) is 4.31. The van der Waals surface area contributed by atoms with Crippen LogP contribution in [0, 0.1) is 11.8 Å². The highest BCUT2D eigenvalue weighted by Crippen LogP contribution is 2.43. The number of amides is 1. The van der Waals surface area contributed by atoms with Crippen molar-refractivity contribution in [3.63, 3.8) is 0 Å². The highest BCUT2D eigenvalue weighted by atomic mass is 79.9. The van der Waals surface area contributed by atoms with Gasteiger partial charge in [0.05, 0.1) is 25.0 Å². The van der Waals surface area contributed by atoms with Crippen LogP contribution in [0.2, 0.25) is 0 Å². The standard InChI is InChI=1S/C24H28BrF6N3O2/c1-15(3-6-22(35)33-7-9-36-10-8-33)32-21-5-4-19(25)12-20(21)16(2)34-13-17(23(26,27)28)11-18(14-34)24(29,30)31/h4-5,12,17-18,32H,1-3,6-11,13-14H2/t17-,18+. The first kappa shape index (κ1) is 28.4. The lowest BCUT2D eigenvalue weighted by atomic mass is 9.87. The fourth-order valence-corrected chi connectivity index (χ4v) is 4.67. The molecule has 0 aliphatic carbocycles. The number of alkyl halides is 6. The summed E-state index contributed by atoms with van der Waals surface area (Å²) in [5, 5.41) is 3.06. The summed E-state index contributed by atoms with van der Waals surface area (Å²) >= 11 is 3.31. The molecule has 2 saturated heterocycles. The van der Waals surface area contributed by atoms with Crippen molar-refractivity contribution in [3.8, 4) is 0 Å². The Kier molecular flexibility index (Phi) is 9.02. The number of halogens is 7. The lowest BCUT2D eigenvalue weighted by Crippen LogP contribution is -2.48. The van der Waals surface area contributed by atoms with Gasteiger partial charge in [-0.25, -0.2) is 0 Å². The van der Waals surface area contributed by atoms with Crippen molar-refractivity contribution in [2.45, 2.75) is 31.6 Å². The van der Waals surface area contributed by atoms with Gasteiger partial charge in [-0.1, -0.05) is 29.1 Å². The molecule has 3 rings (SSSR count). The van der Waals surface area contributed by atoms with Gasteiger partial charge in [0, 0.05) is 59.7 Å². The molecule has 0 bridgehead atoms.